The zero-order valence-corrected chi connectivity index (χ0v) is 10.3. The number of rotatable bonds is 5. The molecule has 0 unspecified atom stereocenters. The Balaban J connectivity index is 2.14. The lowest BCUT2D eigenvalue weighted by Crippen LogP contribution is -2.34. The number of hydrogen-bond donors (Lipinski definition) is 2. The number of carbonyl (C=O) groups is 1. The molecule has 1 fully saturated rings. The zero-order chi connectivity index (χ0) is 12.2. The minimum atomic E-state index is -0.545. The van der Waals surface area contributed by atoms with Gasteiger partial charge in [0, 0.05) is 0 Å². The number of nitrogens with one attached hydrogen (secondary N) is 1. The van der Waals surface area contributed by atoms with E-state index < -0.39 is 11.7 Å². The highest BCUT2D eigenvalue weighted by molar-refractivity contribution is 5.66. The average molecular weight is 230 g/mol. The maximum Gasteiger partial charge on any atom is 0.431 e. The Morgan fingerprint density at radius 3 is 2.50 bits per heavy atom. The fourth-order valence-corrected chi connectivity index (χ4v) is 1.50. The molecule has 0 heterocycles. The monoisotopic (exact) mass is 230 g/mol. The molecule has 16 heavy (non-hydrogen) atoms. The van der Waals surface area contributed by atoms with Crippen molar-refractivity contribution in [1.29, 1.82) is 0 Å². The van der Waals surface area contributed by atoms with E-state index in [0.717, 1.165) is 19.3 Å². The lowest BCUT2D eigenvalue weighted by molar-refractivity contribution is -0.0216. The van der Waals surface area contributed by atoms with Crippen LogP contribution in [0.1, 0.15) is 40.0 Å². The number of hydroxylamine groups is 1. The van der Waals surface area contributed by atoms with Crippen LogP contribution in [-0.4, -0.2) is 24.8 Å². The van der Waals surface area contributed by atoms with Crippen molar-refractivity contribution < 1.29 is 14.4 Å². The van der Waals surface area contributed by atoms with Crippen molar-refractivity contribution in [2.75, 3.05) is 13.2 Å². The van der Waals surface area contributed by atoms with Crippen LogP contribution in [0.5, 0.6) is 0 Å². The van der Waals surface area contributed by atoms with Gasteiger partial charge in [0.25, 0.3) is 0 Å². The van der Waals surface area contributed by atoms with E-state index in [1.165, 1.54) is 0 Å². The normalized spacial score (nSPS) is 18.0. The predicted molar refractivity (Wildman–Crippen MR) is 60.7 cm³/mol. The maximum atomic E-state index is 11.2. The Bertz CT molecular complexity index is 244. The van der Waals surface area contributed by atoms with E-state index in [2.05, 4.69) is 5.48 Å². The minimum Gasteiger partial charge on any atom is -0.442 e. The number of ether oxygens (including phenoxy) is 1. The second kappa shape index (κ2) is 5.01. The number of carbonyl (C=O) groups excluding carboxylic acids is 1. The van der Waals surface area contributed by atoms with Crippen molar-refractivity contribution in [3.63, 3.8) is 0 Å². The van der Waals surface area contributed by atoms with Crippen LogP contribution in [0.15, 0.2) is 0 Å². The summed E-state index contributed by atoms with van der Waals surface area (Å²) in [5.74, 6) is 0. The van der Waals surface area contributed by atoms with E-state index in [-0.39, 0.29) is 5.41 Å². The van der Waals surface area contributed by atoms with Crippen LogP contribution in [0.3, 0.4) is 0 Å². The summed E-state index contributed by atoms with van der Waals surface area (Å²) in [6.45, 7) is 6.61. The third-order valence-corrected chi connectivity index (χ3v) is 2.56. The quantitative estimate of drug-likeness (QED) is 0.703. The summed E-state index contributed by atoms with van der Waals surface area (Å²) in [5, 5.41) is 0. The second-order valence-corrected chi connectivity index (χ2v) is 5.43. The maximum absolute atomic E-state index is 11.2. The molecule has 0 aromatic heterocycles. The molecule has 1 aliphatic carbocycles. The van der Waals surface area contributed by atoms with Crippen molar-refractivity contribution in [3.05, 3.63) is 0 Å². The molecule has 5 nitrogen and oxygen atoms in total. The molecular formula is C11H22N2O3. The standard InChI is InChI=1S/C11H22N2O3/c1-10(2,3)16-9(14)13-15-8-11(4-5-11)6-7-12/h4-8,12H2,1-3H3,(H,13,14). The Morgan fingerprint density at radius 2 is 2.06 bits per heavy atom. The number of hydrogen-bond acceptors (Lipinski definition) is 4. The van der Waals surface area contributed by atoms with Crippen LogP contribution in [0.4, 0.5) is 4.79 Å². The van der Waals surface area contributed by atoms with E-state index in [9.17, 15) is 4.79 Å². The molecule has 0 saturated heterocycles. The molecule has 1 aliphatic rings. The molecule has 0 aliphatic heterocycles. The largest absolute Gasteiger partial charge is 0.442 e. The second-order valence-electron chi connectivity index (χ2n) is 5.43. The van der Waals surface area contributed by atoms with Gasteiger partial charge in [-0.15, -0.1) is 0 Å². The molecule has 3 N–H and O–H groups in total. The minimum absolute atomic E-state index is 0.198. The first-order chi connectivity index (χ1) is 7.37. The Kier molecular flexibility index (Phi) is 4.15. The molecule has 1 amide bonds. The molecule has 0 atom stereocenters. The first-order valence-electron chi connectivity index (χ1n) is 5.68. The number of amides is 1. The summed E-state index contributed by atoms with van der Waals surface area (Å²) < 4.78 is 5.03. The third-order valence-electron chi connectivity index (χ3n) is 2.56. The van der Waals surface area contributed by atoms with Crippen molar-refractivity contribution in [2.24, 2.45) is 11.1 Å². The summed E-state index contributed by atoms with van der Waals surface area (Å²) in [6, 6.07) is 0. The molecular weight excluding hydrogens is 208 g/mol. The van der Waals surface area contributed by atoms with E-state index in [1.807, 2.05) is 20.8 Å². The van der Waals surface area contributed by atoms with Gasteiger partial charge in [0.2, 0.25) is 0 Å². The highest BCUT2D eigenvalue weighted by atomic mass is 16.7. The van der Waals surface area contributed by atoms with Gasteiger partial charge in [0.1, 0.15) is 5.60 Å². The fraction of sp³-hybridized carbons (Fsp3) is 0.909. The fourth-order valence-electron chi connectivity index (χ4n) is 1.50. The van der Waals surface area contributed by atoms with Crippen molar-refractivity contribution >= 4 is 6.09 Å². The highest BCUT2D eigenvalue weighted by Crippen LogP contribution is 2.48. The first kappa shape index (κ1) is 13.3. The SMILES string of the molecule is CC(C)(C)OC(=O)NOCC1(CCN)CC1. The van der Waals surface area contributed by atoms with E-state index in [1.54, 1.807) is 0 Å². The van der Waals surface area contributed by atoms with Gasteiger partial charge in [-0.3, -0.25) is 4.84 Å². The van der Waals surface area contributed by atoms with Gasteiger partial charge in [-0.25, -0.2) is 4.79 Å². The topological polar surface area (TPSA) is 73.6 Å². The molecule has 1 saturated carbocycles. The summed E-state index contributed by atoms with van der Waals surface area (Å²) in [4.78, 5) is 16.4. The van der Waals surface area contributed by atoms with Gasteiger partial charge >= 0.3 is 6.09 Å². The molecule has 5 heteroatoms. The number of nitrogens with two attached hydrogens (primary N) is 1. The lowest BCUT2D eigenvalue weighted by atomic mass is 10.1. The smallest absolute Gasteiger partial charge is 0.431 e. The summed E-state index contributed by atoms with van der Waals surface area (Å²) >= 11 is 0. The molecule has 94 valence electrons. The third kappa shape index (κ3) is 4.81. The summed E-state index contributed by atoms with van der Waals surface area (Å²) in [7, 11) is 0. The van der Waals surface area contributed by atoms with Gasteiger partial charge in [0.15, 0.2) is 0 Å². The highest BCUT2D eigenvalue weighted by Gasteiger charge is 2.42. The molecule has 0 aromatic rings. The lowest BCUT2D eigenvalue weighted by Gasteiger charge is -2.20. The van der Waals surface area contributed by atoms with Crippen LogP contribution in [0, 0.1) is 5.41 Å². The molecule has 1 rings (SSSR count). The van der Waals surface area contributed by atoms with Gasteiger partial charge < -0.3 is 10.5 Å². The van der Waals surface area contributed by atoms with E-state index >= 15 is 0 Å². The van der Waals surface area contributed by atoms with Crippen LogP contribution in [0.2, 0.25) is 0 Å². The van der Waals surface area contributed by atoms with Gasteiger partial charge in [-0.05, 0) is 52.0 Å². The zero-order valence-electron chi connectivity index (χ0n) is 10.3. The Labute approximate surface area is 96.6 Å². The van der Waals surface area contributed by atoms with Crippen LogP contribution >= 0.6 is 0 Å². The van der Waals surface area contributed by atoms with E-state index in [4.69, 9.17) is 15.3 Å². The summed E-state index contributed by atoms with van der Waals surface area (Å²) in [6.07, 6.45) is 2.65. The first-order valence-corrected chi connectivity index (χ1v) is 5.68. The van der Waals surface area contributed by atoms with Crippen LogP contribution in [0.25, 0.3) is 0 Å². The molecule has 0 spiro atoms. The van der Waals surface area contributed by atoms with Crippen LogP contribution < -0.4 is 11.2 Å². The van der Waals surface area contributed by atoms with E-state index in [0.29, 0.717) is 13.2 Å². The van der Waals surface area contributed by atoms with Crippen molar-refractivity contribution in [1.82, 2.24) is 5.48 Å². The summed E-state index contributed by atoms with van der Waals surface area (Å²) in [5.41, 5.74) is 7.49. The van der Waals surface area contributed by atoms with Gasteiger partial charge in [0.05, 0.1) is 6.61 Å². The molecule has 0 radical (unpaired) electrons. The Morgan fingerprint density at radius 1 is 1.44 bits per heavy atom. The van der Waals surface area contributed by atoms with Crippen molar-refractivity contribution in [3.8, 4) is 0 Å². The van der Waals surface area contributed by atoms with Crippen LogP contribution in [-0.2, 0) is 9.57 Å². The van der Waals surface area contributed by atoms with Crippen molar-refractivity contribution in [2.45, 2.75) is 45.6 Å². The predicted octanol–water partition coefficient (Wildman–Crippen LogP) is 1.57. The average Bonchev–Trinajstić information content (AvgIpc) is 2.82. The molecule has 0 aromatic carbocycles. The van der Waals surface area contributed by atoms with Gasteiger partial charge in [-0.2, -0.15) is 5.48 Å². The van der Waals surface area contributed by atoms with Gasteiger partial charge in [-0.1, -0.05) is 0 Å². The Hall–Kier alpha value is -0.810. The molecule has 0 bridgehead atoms.